The van der Waals surface area contributed by atoms with Crippen molar-refractivity contribution in [2.75, 3.05) is 6.54 Å². The van der Waals surface area contributed by atoms with E-state index in [0.717, 1.165) is 24.1 Å². The number of hydrogen-bond acceptors (Lipinski definition) is 2. The number of likely N-dealkylation sites (tertiary alicyclic amines) is 1. The van der Waals surface area contributed by atoms with Crippen LogP contribution < -0.4 is 0 Å². The second kappa shape index (κ2) is 4.47. The summed E-state index contributed by atoms with van der Waals surface area (Å²) in [6.45, 7) is 3.07. The first kappa shape index (κ1) is 10.9. The van der Waals surface area contributed by atoms with Crippen molar-refractivity contribution in [3.05, 3.63) is 35.4 Å². The molecule has 1 fully saturated rings. The first-order valence-electron chi connectivity index (χ1n) is 5.54. The van der Waals surface area contributed by atoms with E-state index >= 15 is 0 Å². The molecule has 84 valence electrons. The van der Waals surface area contributed by atoms with Gasteiger partial charge in [-0.1, -0.05) is 24.3 Å². The first-order chi connectivity index (χ1) is 7.66. The Morgan fingerprint density at radius 3 is 2.50 bits per heavy atom. The lowest BCUT2D eigenvalue weighted by molar-refractivity contribution is -0.128. The maximum Gasteiger partial charge on any atom is 0.222 e. The lowest BCUT2D eigenvalue weighted by Crippen LogP contribution is -2.23. The number of nitrogens with zero attached hydrogens (tertiary/aromatic N) is 1. The molecule has 3 nitrogen and oxygen atoms in total. The van der Waals surface area contributed by atoms with Crippen molar-refractivity contribution in [2.45, 2.75) is 26.3 Å². The van der Waals surface area contributed by atoms with E-state index in [2.05, 4.69) is 0 Å². The minimum absolute atomic E-state index is 0.0730. The highest BCUT2D eigenvalue weighted by Crippen LogP contribution is 2.14. The van der Waals surface area contributed by atoms with Crippen LogP contribution in [0.25, 0.3) is 0 Å². The van der Waals surface area contributed by atoms with Gasteiger partial charge in [0.15, 0.2) is 5.78 Å². The highest BCUT2D eigenvalue weighted by atomic mass is 16.2. The SMILES string of the molecule is CC(=O)c1ccc(CN2CCCC2=O)cc1. The van der Waals surface area contributed by atoms with Crippen molar-refractivity contribution < 1.29 is 9.59 Å². The van der Waals surface area contributed by atoms with Crippen LogP contribution in [0.3, 0.4) is 0 Å². The third kappa shape index (κ3) is 2.30. The van der Waals surface area contributed by atoms with Crippen molar-refractivity contribution in [3.8, 4) is 0 Å². The Kier molecular flexibility index (Phi) is 3.04. The molecule has 1 aliphatic rings. The third-order valence-corrected chi connectivity index (χ3v) is 2.91. The molecule has 3 heteroatoms. The Labute approximate surface area is 95.1 Å². The summed E-state index contributed by atoms with van der Waals surface area (Å²) in [5.41, 5.74) is 1.80. The van der Waals surface area contributed by atoms with Gasteiger partial charge in [-0.25, -0.2) is 0 Å². The number of Topliss-reactive ketones (excluding diaryl/α,β-unsaturated/α-hetero) is 1. The highest BCUT2D eigenvalue weighted by Gasteiger charge is 2.19. The Morgan fingerprint density at radius 1 is 1.31 bits per heavy atom. The Bertz CT molecular complexity index is 408. The fraction of sp³-hybridized carbons (Fsp3) is 0.385. The molecule has 1 aromatic rings. The molecule has 1 aromatic carbocycles. The van der Waals surface area contributed by atoms with Gasteiger partial charge in [-0.15, -0.1) is 0 Å². The van der Waals surface area contributed by atoms with Crippen LogP contribution in [0.5, 0.6) is 0 Å². The molecule has 0 aromatic heterocycles. The van der Waals surface area contributed by atoms with E-state index in [1.165, 1.54) is 0 Å². The van der Waals surface area contributed by atoms with Crippen LogP contribution in [0.15, 0.2) is 24.3 Å². The predicted octanol–water partition coefficient (Wildman–Crippen LogP) is 2.01. The van der Waals surface area contributed by atoms with Gasteiger partial charge in [-0.2, -0.15) is 0 Å². The van der Waals surface area contributed by atoms with Crippen LogP contribution in [0.1, 0.15) is 35.7 Å². The quantitative estimate of drug-likeness (QED) is 0.726. The molecule has 0 atom stereocenters. The zero-order chi connectivity index (χ0) is 11.5. The summed E-state index contributed by atoms with van der Waals surface area (Å²) >= 11 is 0. The summed E-state index contributed by atoms with van der Waals surface area (Å²) in [6, 6.07) is 7.47. The molecule has 0 saturated carbocycles. The molecule has 0 aliphatic carbocycles. The maximum atomic E-state index is 11.4. The summed E-state index contributed by atoms with van der Waals surface area (Å²) < 4.78 is 0. The lowest BCUT2D eigenvalue weighted by Gasteiger charge is -2.15. The topological polar surface area (TPSA) is 37.4 Å². The zero-order valence-corrected chi connectivity index (χ0v) is 9.40. The number of carbonyl (C=O) groups excluding carboxylic acids is 2. The summed E-state index contributed by atoms with van der Waals surface area (Å²) in [5, 5.41) is 0. The van der Waals surface area contributed by atoms with Gasteiger partial charge in [0.2, 0.25) is 5.91 Å². The second-order valence-corrected chi connectivity index (χ2v) is 4.17. The number of benzene rings is 1. The summed E-state index contributed by atoms with van der Waals surface area (Å²) in [5.74, 6) is 0.305. The number of hydrogen-bond donors (Lipinski definition) is 0. The molecular formula is C13H15NO2. The average Bonchev–Trinajstić information content (AvgIpc) is 2.65. The van der Waals surface area contributed by atoms with Gasteiger partial charge in [0, 0.05) is 25.1 Å². The minimum Gasteiger partial charge on any atom is -0.338 e. The largest absolute Gasteiger partial charge is 0.338 e. The van der Waals surface area contributed by atoms with Crippen molar-refractivity contribution in [1.82, 2.24) is 4.90 Å². The third-order valence-electron chi connectivity index (χ3n) is 2.91. The summed E-state index contributed by atoms with van der Waals surface area (Å²) in [4.78, 5) is 24.4. The van der Waals surface area contributed by atoms with E-state index < -0.39 is 0 Å². The molecule has 0 N–H and O–H groups in total. The first-order valence-corrected chi connectivity index (χ1v) is 5.54. The van der Waals surface area contributed by atoms with Crippen molar-refractivity contribution in [1.29, 1.82) is 0 Å². The molecule has 0 radical (unpaired) electrons. The minimum atomic E-state index is 0.0730. The molecule has 2 rings (SSSR count). The van der Waals surface area contributed by atoms with E-state index in [-0.39, 0.29) is 11.7 Å². The highest BCUT2D eigenvalue weighted by molar-refractivity contribution is 5.94. The van der Waals surface area contributed by atoms with Crippen LogP contribution >= 0.6 is 0 Å². The lowest BCUT2D eigenvalue weighted by atomic mass is 10.1. The van der Waals surface area contributed by atoms with E-state index in [1.807, 2.05) is 29.2 Å². The molecule has 1 heterocycles. The van der Waals surface area contributed by atoms with E-state index in [0.29, 0.717) is 13.0 Å². The molecule has 0 spiro atoms. The van der Waals surface area contributed by atoms with Crippen molar-refractivity contribution in [3.63, 3.8) is 0 Å². The van der Waals surface area contributed by atoms with E-state index in [4.69, 9.17) is 0 Å². The second-order valence-electron chi connectivity index (χ2n) is 4.17. The van der Waals surface area contributed by atoms with Crippen molar-refractivity contribution >= 4 is 11.7 Å². The Morgan fingerprint density at radius 2 is 2.00 bits per heavy atom. The molecule has 0 bridgehead atoms. The Balaban J connectivity index is 2.05. The monoisotopic (exact) mass is 217 g/mol. The fourth-order valence-electron chi connectivity index (χ4n) is 1.94. The molecule has 1 aliphatic heterocycles. The molecule has 16 heavy (non-hydrogen) atoms. The van der Waals surface area contributed by atoms with E-state index in [9.17, 15) is 9.59 Å². The molecule has 1 saturated heterocycles. The predicted molar refractivity (Wildman–Crippen MR) is 61.1 cm³/mol. The van der Waals surface area contributed by atoms with Gasteiger partial charge in [0.1, 0.15) is 0 Å². The molecular weight excluding hydrogens is 202 g/mol. The number of amides is 1. The maximum absolute atomic E-state index is 11.4. The van der Waals surface area contributed by atoms with Gasteiger partial charge < -0.3 is 4.90 Å². The van der Waals surface area contributed by atoms with Gasteiger partial charge in [-0.05, 0) is 18.9 Å². The standard InChI is InChI=1S/C13H15NO2/c1-10(15)12-6-4-11(5-7-12)9-14-8-2-3-13(14)16/h4-7H,2-3,8-9H2,1H3. The number of carbonyl (C=O) groups is 2. The van der Waals surface area contributed by atoms with E-state index in [1.54, 1.807) is 6.92 Å². The van der Waals surface area contributed by atoms with Gasteiger partial charge in [0.25, 0.3) is 0 Å². The Hall–Kier alpha value is -1.64. The van der Waals surface area contributed by atoms with Crippen LogP contribution in [0.2, 0.25) is 0 Å². The molecule has 1 amide bonds. The van der Waals surface area contributed by atoms with Crippen LogP contribution in [0, 0.1) is 0 Å². The normalized spacial score (nSPS) is 15.6. The fourth-order valence-corrected chi connectivity index (χ4v) is 1.94. The van der Waals surface area contributed by atoms with Crippen LogP contribution in [-0.2, 0) is 11.3 Å². The van der Waals surface area contributed by atoms with Gasteiger partial charge in [-0.3, -0.25) is 9.59 Å². The average molecular weight is 217 g/mol. The molecule has 0 unspecified atom stereocenters. The number of rotatable bonds is 3. The summed E-state index contributed by atoms with van der Waals surface area (Å²) in [6.07, 6.45) is 1.63. The van der Waals surface area contributed by atoms with Gasteiger partial charge >= 0.3 is 0 Å². The van der Waals surface area contributed by atoms with Crippen LogP contribution in [-0.4, -0.2) is 23.1 Å². The smallest absolute Gasteiger partial charge is 0.222 e. The number of ketones is 1. The zero-order valence-electron chi connectivity index (χ0n) is 9.40. The van der Waals surface area contributed by atoms with Crippen LogP contribution in [0.4, 0.5) is 0 Å². The summed E-state index contributed by atoms with van der Waals surface area (Å²) in [7, 11) is 0. The van der Waals surface area contributed by atoms with Gasteiger partial charge in [0.05, 0.1) is 0 Å². The van der Waals surface area contributed by atoms with Crippen molar-refractivity contribution in [2.24, 2.45) is 0 Å².